The van der Waals surface area contributed by atoms with Crippen molar-refractivity contribution in [2.45, 2.75) is 25.9 Å². The highest BCUT2D eigenvalue weighted by Gasteiger charge is 2.16. The van der Waals surface area contributed by atoms with Gasteiger partial charge in [0.05, 0.1) is 17.7 Å². The molecule has 0 saturated heterocycles. The maximum Gasteiger partial charge on any atom is 0.241 e. The van der Waals surface area contributed by atoms with Crippen LogP contribution < -0.4 is 10.6 Å². The lowest BCUT2D eigenvalue weighted by atomic mass is 10.1. The van der Waals surface area contributed by atoms with E-state index in [-0.39, 0.29) is 18.0 Å². The van der Waals surface area contributed by atoms with Crippen molar-refractivity contribution < 1.29 is 4.79 Å². The van der Waals surface area contributed by atoms with Crippen LogP contribution in [0.5, 0.6) is 0 Å². The summed E-state index contributed by atoms with van der Waals surface area (Å²) in [5.74, 6) is -0.152. The van der Waals surface area contributed by atoms with E-state index >= 15 is 0 Å². The fraction of sp³-hybridized carbons (Fsp3) is 0.222. The first-order valence-electron chi connectivity index (χ1n) is 7.32. The Balaban J connectivity index is 1.96. The smallest absolute Gasteiger partial charge is 0.241 e. The molecular weight excluding hydrogens is 310 g/mol. The van der Waals surface area contributed by atoms with Gasteiger partial charge in [0.15, 0.2) is 0 Å². The number of nitrogens with zero attached hydrogens (tertiary/aromatic N) is 1. The fourth-order valence-electron chi connectivity index (χ4n) is 2.22. The van der Waals surface area contributed by atoms with Gasteiger partial charge in [0.2, 0.25) is 5.91 Å². The normalized spacial score (nSPS) is 13.0. The minimum Gasteiger partial charge on any atom is -0.325 e. The highest BCUT2D eigenvalue weighted by molar-refractivity contribution is 6.30. The van der Waals surface area contributed by atoms with Crippen LogP contribution in [0.25, 0.3) is 0 Å². The van der Waals surface area contributed by atoms with Crippen LogP contribution >= 0.6 is 11.6 Å². The zero-order valence-electron chi connectivity index (χ0n) is 13.0. The van der Waals surface area contributed by atoms with Gasteiger partial charge in [-0.3, -0.25) is 10.1 Å². The van der Waals surface area contributed by atoms with Gasteiger partial charge in [-0.05, 0) is 49.7 Å². The molecule has 23 heavy (non-hydrogen) atoms. The minimum absolute atomic E-state index is 0.0125. The molecule has 118 valence electrons. The molecule has 0 saturated carbocycles. The van der Waals surface area contributed by atoms with Crippen LogP contribution in [0.3, 0.4) is 0 Å². The second-order valence-corrected chi connectivity index (χ2v) is 5.78. The van der Waals surface area contributed by atoms with E-state index in [0.717, 1.165) is 5.56 Å². The lowest BCUT2D eigenvalue weighted by Gasteiger charge is -2.20. The number of nitrogens with one attached hydrogen (secondary N) is 2. The Bertz CT molecular complexity index is 722. The fourth-order valence-corrected chi connectivity index (χ4v) is 2.34. The summed E-state index contributed by atoms with van der Waals surface area (Å²) in [6.07, 6.45) is 0. The monoisotopic (exact) mass is 327 g/mol. The Labute approximate surface area is 141 Å². The van der Waals surface area contributed by atoms with Crippen molar-refractivity contribution in [2.24, 2.45) is 0 Å². The molecular formula is C18H18ClN3O. The standard InChI is InChI=1S/C18H18ClN3O/c1-12(15-6-8-16(19)9-7-15)21-13(2)18(23)22-17-5-3-4-14(10-17)11-20/h3-10,12-13,21H,1-2H3,(H,22,23)/t12-,13-/m0/s1. The number of carbonyl (C=O) groups excluding carboxylic acids is 1. The van der Waals surface area contributed by atoms with Gasteiger partial charge in [0, 0.05) is 16.8 Å². The van der Waals surface area contributed by atoms with Crippen molar-refractivity contribution >= 4 is 23.2 Å². The quantitative estimate of drug-likeness (QED) is 0.875. The van der Waals surface area contributed by atoms with E-state index in [1.54, 1.807) is 31.2 Å². The van der Waals surface area contributed by atoms with Gasteiger partial charge in [-0.2, -0.15) is 5.26 Å². The summed E-state index contributed by atoms with van der Waals surface area (Å²) in [4.78, 5) is 12.3. The second kappa shape index (κ2) is 7.77. The molecule has 0 radical (unpaired) electrons. The van der Waals surface area contributed by atoms with E-state index in [1.807, 2.05) is 31.2 Å². The molecule has 2 aromatic carbocycles. The molecule has 0 spiro atoms. The lowest BCUT2D eigenvalue weighted by molar-refractivity contribution is -0.117. The van der Waals surface area contributed by atoms with Gasteiger partial charge >= 0.3 is 0 Å². The zero-order chi connectivity index (χ0) is 16.8. The van der Waals surface area contributed by atoms with Crippen LogP contribution in [0.1, 0.15) is 31.0 Å². The number of rotatable bonds is 5. The van der Waals surface area contributed by atoms with Gasteiger partial charge in [0.1, 0.15) is 0 Å². The van der Waals surface area contributed by atoms with Gasteiger partial charge in [0.25, 0.3) is 0 Å². The second-order valence-electron chi connectivity index (χ2n) is 5.34. The van der Waals surface area contributed by atoms with E-state index in [0.29, 0.717) is 16.3 Å². The topological polar surface area (TPSA) is 64.9 Å². The van der Waals surface area contributed by atoms with Crippen molar-refractivity contribution in [3.05, 3.63) is 64.7 Å². The number of benzene rings is 2. The molecule has 2 aromatic rings. The van der Waals surface area contributed by atoms with Crippen molar-refractivity contribution in [2.75, 3.05) is 5.32 Å². The molecule has 0 unspecified atom stereocenters. The van der Waals surface area contributed by atoms with Crippen LogP contribution in [0.4, 0.5) is 5.69 Å². The Morgan fingerprint density at radius 1 is 1.17 bits per heavy atom. The molecule has 0 aromatic heterocycles. The first kappa shape index (κ1) is 17.0. The van der Waals surface area contributed by atoms with Gasteiger partial charge < -0.3 is 5.32 Å². The number of amides is 1. The third kappa shape index (κ3) is 4.82. The van der Waals surface area contributed by atoms with Crippen LogP contribution in [-0.4, -0.2) is 11.9 Å². The Morgan fingerprint density at radius 2 is 1.87 bits per heavy atom. The van der Waals surface area contributed by atoms with Crippen LogP contribution in [-0.2, 0) is 4.79 Å². The Hall–Kier alpha value is -2.35. The predicted octanol–water partition coefficient (Wildman–Crippen LogP) is 3.89. The average molecular weight is 328 g/mol. The van der Waals surface area contributed by atoms with E-state index in [2.05, 4.69) is 16.7 Å². The third-order valence-electron chi connectivity index (χ3n) is 3.52. The summed E-state index contributed by atoms with van der Waals surface area (Å²) in [6.45, 7) is 3.79. The number of nitriles is 1. The molecule has 5 heteroatoms. The maximum atomic E-state index is 12.3. The van der Waals surface area contributed by atoms with Gasteiger partial charge in [-0.25, -0.2) is 0 Å². The third-order valence-corrected chi connectivity index (χ3v) is 3.77. The number of hydrogen-bond donors (Lipinski definition) is 2. The summed E-state index contributed by atoms with van der Waals surface area (Å²) in [6, 6.07) is 16.0. The van der Waals surface area contributed by atoms with Crippen LogP contribution in [0.15, 0.2) is 48.5 Å². The van der Waals surface area contributed by atoms with Crippen molar-refractivity contribution in [1.82, 2.24) is 5.32 Å². The molecule has 2 rings (SSSR count). The summed E-state index contributed by atoms with van der Waals surface area (Å²) in [5.41, 5.74) is 2.18. The van der Waals surface area contributed by atoms with Crippen LogP contribution in [0.2, 0.25) is 5.02 Å². The summed E-state index contributed by atoms with van der Waals surface area (Å²) < 4.78 is 0. The van der Waals surface area contributed by atoms with Crippen molar-refractivity contribution in [3.8, 4) is 6.07 Å². The molecule has 0 aliphatic rings. The predicted molar refractivity (Wildman–Crippen MR) is 92.3 cm³/mol. The number of carbonyl (C=O) groups is 1. The summed E-state index contributed by atoms with van der Waals surface area (Å²) in [5, 5.41) is 15.6. The molecule has 2 N–H and O–H groups in total. The Kier molecular flexibility index (Phi) is 5.75. The molecule has 4 nitrogen and oxygen atoms in total. The number of hydrogen-bond acceptors (Lipinski definition) is 3. The lowest BCUT2D eigenvalue weighted by Crippen LogP contribution is -2.39. The van der Waals surface area contributed by atoms with Gasteiger partial charge in [-0.15, -0.1) is 0 Å². The largest absolute Gasteiger partial charge is 0.325 e. The van der Waals surface area contributed by atoms with Crippen LogP contribution in [0, 0.1) is 11.3 Å². The molecule has 0 heterocycles. The number of halogens is 1. The molecule has 2 atom stereocenters. The van der Waals surface area contributed by atoms with Crippen molar-refractivity contribution in [3.63, 3.8) is 0 Å². The van der Waals surface area contributed by atoms with Gasteiger partial charge in [-0.1, -0.05) is 29.8 Å². The summed E-state index contributed by atoms with van der Waals surface area (Å²) in [7, 11) is 0. The minimum atomic E-state index is -0.383. The molecule has 1 amide bonds. The molecule has 0 fully saturated rings. The number of anilines is 1. The van der Waals surface area contributed by atoms with E-state index in [9.17, 15) is 4.79 Å². The van der Waals surface area contributed by atoms with E-state index in [4.69, 9.17) is 16.9 Å². The molecule has 0 bridgehead atoms. The highest BCUT2D eigenvalue weighted by Crippen LogP contribution is 2.17. The zero-order valence-corrected chi connectivity index (χ0v) is 13.8. The first-order valence-corrected chi connectivity index (χ1v) is 7.70. The van der Waals surface area contributed by atoms with E-state index in [1.165, 1.54) is 0 Å². The van der Waals surface area contributed by atoms with Crippen molar-refractivity contribution in [1.29, 1.82) is 5.26 Å². The average Bonchev–Trinajstić information content (AvgIpc) is 2.55. The molecule has 0 aliphatic heterocycles. The maximum absolute atomic E-state index is 12.3. The highest BCUT2D eigenvalue weighted by atomic mass is 35.5. The summed E-state index contributed by atoms with van der Waals surface area (Å²) >= 11 is 5.88. The van der Waals surface area contributed by atoms with E-state index < -0.39 is 0 Å². The molecule has 0 aliphatic carbocycles. The Morgan fingerprint density at radius 3 is 2.52 bits per heavy atom. The first-order chi connectivity index (χ1) is 11.0. The SMILES string of the molecule is C[C@H](N[C@@H](C)c1ccc(Cl)cc1)C(=O)Nc1cccc(C#N)c1.